The third-order valence-electron chi connectivity index (χ3n) is 4.56. The van der Waals surface area contributed by atoms with Crippen molar-refractivity contribution < 1.29 is 0 Å². The number of rotatable bonds is 6. The van der Waals surface area contributed by atoms with Crippen molar-refractivity contribution in [2.45, 2.75) is 50.8 Å². The van der Waals surface area contributed by atoms with Gasteiger partial charge in [-0.25, -0.2) is 0 Å². The van der Waals surface area contributed by atoms with Crippen LogP contribution in [0.1, 0.15) is 51.5 Å². The Morgan fingerprint density at radius 3 is 2.52 bits per heavy atom. The maximum Gasteiger partial charge on any atom is 0.102 e. The Hall–Kier alpha value is -1.14. The van der Waals surface area contributed by atoms with Gasteiger partial charge in [0.15, 0.2) is 0 Å². The van der Waals surface area contributed by atoms with E-state index in [1.165, 1.54) is 32.1 Å². The Morgan fingerprint density at radius 1 is 1.19 bits per heavy atom. The van der Waals surface area contributed by atoms with Gasteiger partial charge in [0.25, 0.3) is 0 Å². The molecule has 0 atom stereocenters. The minimum absolute atomic E-state index is 0.766. The summed E-state index contributed by atoms with van der Waals surface area (Å²) in [6, 6.07) is 8.50. The summed E-state index contributed by atoms with van der Waals surface area (Å²) in [5.74, 6) is 2.71. The lowest BCUT2D eigenvalue weighted by atomic mass is 9.81. The van der Waals surface area contributed by atoms with Crippen LogP contribution in [-0.2, 0) is 0 Å². The van der Waals surface area contributed by atoms with Gasteiger partial charge in [-0.05, 0) is 42.6 Å². The monoisotopic (exact) mass is 302 g/mol. The molecule has 1 N–H and O–H groups in total. The molecule has 1 aliphatic carbocycles. The van der Waals surface area contributed by atoms with Crippen LogP contribution in [0.3, 0.4) is 0 Å². The molecule has 114 valence electrons. The molecule has 0 bridgehead atoms. The molecule has 3 heteroatoms. The molecular formula is C18H26N2S. The zero-order valence-corrected chi connectivity index (χ0v) is 14.0. The van der Waals surface area contributed by atoms with E-state index in [2.05, 4.69) is 31.3 Å². The van der Waals surface area contributed by atoms with E-state index in [0.717, 1.165) is 40.3 Å². The van der Waals surface area contributed by atoms with Crippen molar-refractivity contribution in [3.05, 3.63) is 23.8 Å². The maximum atomic E-state index is 9.43. The van der Waals surface area contributed by atoms with E-state index in [4.69, 9.17) is 0 Å². The molecule has 1 saturated carbocycles. The third kappa shape index (κ3) is 4.41. The lowest BCUT2D eigenvalue weighted by molar-refractivity contribution is 0.278. The van der Waals surface area contributed by atoms with Crippen molar-refractivity contribution in [3.8, 4) is 6.07 Å². The number of nitriles is 1. The molecule has 1 aromatic rings. The minimum atomic E-state index is 0.766. The second kappa shape index (κ2) is 8.34. The van der Waals surface area contributed by atoms with Gasteiger partial charge in [0, 0.05) is 11.4 Å². The topological polar surface area (TPSA) is 35.8 Å². The fraction of sp³-hybridized carbons (Fsp3) is 0.611. The van der Waals surface area contributed by atoms with E-state index >= 15 is 0 Å². The number of hydrogen-bond acceptors (Lipinski definition) is 3. The normalized spacial score (nSPS) is 21.8. The summed E-state index contributed by atoms with van der Waals surface area (Å²) in [6.07, 6.45) is 6.74. The van der Waals surface area contributed by atoms with E-state index in [1.807, 2.05) is 12.1 Å². The highest BCUT2D eigenvalue weighted by molar-refractivity contribution is 7.99. The number of anilines is 1. The van der Waals surface area contributed by atoms with Gasteiger partial charge in [-0.3, -0.25) is 0 Å². The quantitative estimate of drug-likeness (QED) is 0.724. The number of nitrogens with one attached hydrogen (secondary N) is 1. The maximum absolute atomic E-state index is 9.43. The van der Waals surface area contributed by atoms with Crippen molar-refractivity contribution >= 4 is 17.4 Å². The summed E-state index contributed by atoms with van der Waals surface area (Å²) in [7, 11) is 0. The summed E-state index contributed by atoms with van der Waals surface area (Å²) in [5.41, 5.74) is 1.82. The summed E-state index contributed by atoms with van der Waals surface area (Å²) >= 11 is 1.74. The molecule has 2 rings (SSSR count). The van der Waals surface area contributed by atoms with E-state index in [-0.39, 0.29) is 0 Å². The van der Waals surface area contributed by atoms with Gasteiger partial charge in [-0.2, -0.15) is 5.26 Å². The first kappa shape index (κ1) is 16.2. The predicted molar refractivity (Wildman–Crippen MR) is 91.8 cm³/mol. The number of nitrogens with zero attached hydrogens (tertiary/aromatic N) is 1. The number of thioether (sulfide) groups is 1. The van der Waals surface area contributed by atoms with Crippen molar-refractivity contribution in [2.24, 2.45) is 11.8 Å². The molecule has 0 radical (unpaired) electrons. The fourth-order valence-electron chi connectivity index (χ4n) is 3.17. The average Bonchev–Trinajstić information content (AvgIpc) is 2.54. The zero-order valence-electron chi connectivity index (χ0n) is 13.2. The first-order valence-corrected chi connectivity index (χ1v) is 9.16. The van der Waals surface area contributed by atoms with Crippen molar-refractivity contribution in [1.29, 1.82) is 5.26 Å². The third-order valence-corrected chi connectivity index (χ3v) is 5.50. The average molecular weight is 302 g/mol. The lowest BCUT2D eigenvalue weighted by Crippen LogP contribution is -2.21. The molecule has 0 aliphatic heterocycles. The van der Waals surface area contributed by atoms with Crippen molar-refractivity contribution in [1.82, 2.24) is 0 Å². The van der Waals surface area contributed by atoms with Gasteiger partial charge >= 0.3 is 0 Å². The highest BCUT2D eigenvalue weighted by atomic mass is 32.2. The van der Waals surface area contributed by atoms with Crippen LogP contribution < -0.4 is 5.32 Å². The molecule has 0 spiro atoms. The fourth-order valence-corrected chi connectivity index (χ4v) is 3.95. The van der Waals surface area contributed by atoms with Crippen molar-refractivity contribution in [3.63, 3.8) is 0 Å². The Bertz CT molecular complexity index is 484. The Morgan fingerprint density at radius 2 is 1.90 bits per heavy atom. The molecule has 0 amide bonds. The molecule has 2 nitrogen and oxygen atoms in total. The van der Waals surface area contributed by atoms with Crippen LogP contribution in [0.2, 0.25) is 0 Å². The second-order valence-corrected chi connectivity index (χ2v) is 7.21. The number of benzene rings is 1. The molecule has 0 unspecified atom stereocenters. The van der Waals surface area contributed by atoms with Crippen LogP contribution in [0.25, 0.3) is 0 Å². The van der Waals surface area contributed by atoms with Gasteiger partial charge < -0.3 is 5.32 Å². The van der Waals surface area contributed by atoms with Crippen LogP contribution in [0.15, 0.2) is 23.1 Å². The highest BCUT2D eigenvalue weighted by Gasteiger charge is 2.20. The van der Waals surface area contributed by atoms with Crippen molar-refractivity contribution in [2.75, 3.05) is 17.6 Å². The highest BCUT2D eigenvalue weighted by Crippen LogP contribution is 2.32. The molecule has 1 aliphatic rings. The molecule has 1 fully saturated rings. The van der Waals surface area contributed by atoms with E-state index in [1.54, 1.807) is 11.8 Å². The smallest absolute Gasteiger partial charge is 0.102 e. The Kier molecular flexibility index (Phi) is 6.45. The second-order valence-electron chi connectivity index (χ2n) is 5.90. The van der Waals surface area contributed by atoms with E-state index in [9.17, 15) is 5.26 Å². The summed E-state index contributed by atoms with van der Waals surface area (Å²) in [4.78, 5) is 1.10. The van der Waals surface area contributed by atoms with Gasteiger partial charge in [0.05, 0.1) is 11.3 Å². The minimum Gasteiger partial charge on any atom is -0.384 e. The zero-order chi connectivity index (χ0) is 15.1. The van der Waals surface area contributed by atoms with E-state index < -0.39 is 0 Å². The van der Waals surface area contributed by atoms with Crippen LogP contribution in [-0.4, -0.2) is 12.3 Å². The summed E-state index contributed by atoms with van der Waals surface area (Å²) in [5, 5.41) is 13.0. The van der Waals surface area contributed by atoms with Gasteiger partial charge in [0.2, 0.25) is 0 Å². The Balaban J connectivity index is 1.94. The molecule has 0 saturated heterocycles. The number of hydrogen-bond donors (Lipinski definition) is 1. The van der Waals surface area contributed by atoms with Gasteiger partial charge in [-0.1, -0.05) is 39.2 Å². The SMILES string of the molecule is CCSc1cccc(NCC2CCC(CC)CC2)c1C#N. The molecule has 1 aromatic carbocycles. The molecular weight excluding hydrogens is 276 g/mol. The summed E-state index contributed by atoms with van der Waals surface area (Å²) < 4.78 is 0. The van der Waals surface area contributed by atoms with Crippen LogP contribution in [0, 0.1) is 23.2 Å². The summed E-state index contributed by atoms with van der Waals surface area (Å²) in [6.45, 7) is 5.43. The van der Waals surface area contributed by atoms with Gasteiger partial charge in [-0.15, -0.1) is 11.8 Å². The van der Waals surface area contributed by atoms with Crippen LogP contribution in [0.5, 0.6) is 0 Å². The molecule has 21 heavy (non-hydrogen) atoms. The molecule has 0 heterocycles. The first-order valence-electron chi connectivity index (χ1n) is 8.18. The van der Waals surface area contributed by atoms with E-state index in [0.29, 0.717) is 0 Å². The standard InChI is InChI=1S/C18H26N2S/c1-3-14-8-10-15(11-9-14)13-20-17-6-5-7-18(21-4-2)16(17)12-19/h5-7,14-15,20H,3-4,8-11,13H2,1-2H3. The molecule has 0 aromatic heterocycles. The predicted octanol–water partition coefficient (Wildman–Crippen LogP) is 5.30. The van der Waals surface area contributed by atoms with Gasteiger partial charge in [0.1, 0.15) is 6.07 Å². The van der Waals surface area contributed by atoms with Crippen LogP contribution in [0.4, 0.5) is 5.69 Å². The largest absolute Gasteiger partial charge is 0.384 e. The lowest BCUT2D eigenvalue weighted by Gasteiger charge is -2.28. The van der Waals surface area contributed by atoms with Crippen LogP contribution >= 0.6 is 11.8 Å². The Labute approximate surface area is 133 Å². The first-order chi connectivity index (χ1) is 10.3.